The molecule has 9 heteroatoms. The van der Waals surface area contributed by atoms with E-state index in [-0.39, 0.29) is 12.6 Å². The van der Waals surface area contributed by atoms with E-state index in [9.17, 15) is 9.59 Å². The van der Waals surface area contributed by atoms with Gasteiger partial charge in [-0.15, -0.1) is 0 Å². The van der Waals surface area contributed by atoms with E-state index < -0.39 is 11.1 Å². The fraction of sp³-hybridized carbons (Fsp3) is 0.200. The van der Waals surface area contributed by atoms with E-state index in [2.05, 4.69) is 15.1 Å². The molecule has 0 aliphatic carbocycles. The summed E-state index contributed by atoms with van der Waals surface area (Å²) in [5.74, 6) is 1.28. The average Bonchev–Trinajstić information content (AvgIpc) is 3.17. The normalized spacial score (nSPS) is 11.3. The van der Waals surface area contributed by atoms with Crippen molar-refractivity contribution in [2.75, 3.05) is 0 Å². The zero-order valence-electron chi connectivity index (χ0n) is 15.7. The molecule has 0 radical (unpaired) electrons. The zero-order chi connectivity index (χ0) is 20.5. The molecule has 8 nitrogen and oxygen atoms in total. The number of aromatic nitrogens is 4. The molecule has 0 aliphatic heterocycles. The van der Waals surface area contributed by atoms with Gasteiger partial charge in [-0.1, -0.05) is 16.8 Å². The van der Waals surface area contributed by atoms with Gasteiger partial charge >= 0.3 is 11.1 Å². The maximum absolute atomic E-state index is 12.1. The Labute approximate surface area is 169 Å². The van der Waals surface area contributed by atoms with Crippen LogP contribution in [0.15, 0.2) is 56.6 Å². The highest BCUT2D eigenvalue weighted by Gasteiger charge is 2.14. The van der Waals surface area contributed by atoms with Crippen molar-refractivity contribution in [3.63, 3.8) is 0 Å². The molecule has 148 valence electrons. The Bertz CT molecular complexity index is 1290. The Balaban J connectivity index is 1.62. The molecule has 2 aromatic carbocycles. The first-order valence-electron chi connectivity index (χ1n) is 8.92. The number of aromatic amines is 1. The van der Waals surface area contributed by atoms with Crippen LogP contribution in [0.4, 0.5) is 0 Å². The van der Waals surface area contributed by atoms with Gasteiger partial charge < -0.3 is 14.2 Å². The van der Waals surface area contributed by atoms with Crippen LogP contribution < -0.4 is 15.9 Å². The molecule has 2 heterocycles. The van der Waals surface area contributed by atoms with Crippen molar-refractivity contribution in [3.8, 4) is 17.1 Å². The van der Waals surface area contributed by atoms with Gasteiger partial charge in [0.1, 0.15) is 5.75 Å². The Hall–Kier alpha value is -3.39. The maximum Gasteiger partial charge on any atom is 0.316 e. The molecule has 0 bridgehead atoms. The van der Waals surface area contributed by atoms with Gasteiger partial charge in [0.25, 0.3) is 5.89 Å². The van der Waals surface area contributed by atoms with Crippen LogP contribution >= 0.6 is 11.6 Å². The Morgan fingerprint density at radius 1 is 1.17 bits per heavy atom. The number of nitrogens with one attached hydrogen (secondary N) is 1. The van der Waals surface area contributed by atoms with E-state index in [0.29, 0.717) is 39.1 Å². The fourth-order valence-electron chi connectivity index (χ4n) is 3.00. The minimum atomic E-state index is -0.673. The summed E-state index contributed by atoms with van der Waals surface area (Å²) in [5.41, 5.74) is 0.534. The summed E-state index contributed by atoms with van der Waals surface area (Å²) >= 11 is 5.85. The molecular weight excluding hydrogens is 396 g/mol. The molecule has 1 N–H and O–H groups in total. The quantitative estimate of drug-likeness (QED) is 0.503. The van der Waals surface area contributed by atoms with Crippen LogP contribution in [0.1, 0.15) is 25.8 Å². The predicted molar refractivity (Wildman–Crippen MR) is 108 cm³/mol. The molecule has 2 aromatic heterocycles. The van der Waals surface area contributed by atoms with Crippen molar-refractivity contribution in [2.24, 2.45) is 0 Å². The summed E-state index contributed by atoms with van der Waals surface area (Å²) in [7, 11) is 0. The Morgan fingerprint density at radius 3 is 2.66 bits per heavy atom. The van der Waals surface area contributed by atoms with Crippen molar-refractivity contribution < 1.29 is 9.26 Å². The molecule has 4 rings (SSSR count). The number of nitrogens with zero attached hydrogens (tertiary/aromatic N) is 3. The van der Waals surface area contributed by atoms with Gasteiger partial charge in [0.2, 0.25) is 5.82 Å². The lowest BCUT2D eigenvalue weighted by Crippen LogP contribution is -2.37. The van der Waals surface area contributed by atoms with Crippen molar-refractivity contribution in [1.29, 1.82) is 0 Å². The third-order valence-corrected chi connectivity index (χ3v) is 4.59. The van der Waals surface area contributed by atoms with Crippen LogP contribution in [-0.2, 0) is 6.61 Å². The van der Waals surface area contributed by atoms with Gasteiger partial charge in [0.05, 0.1) is 11.0 Å². The summed E-state index contributed by atoms with van der Waals surface area (Å²) in [4.78, 5) is 31.1. The van der Waals surface area contributed by atoms with Gasteiger partial charge in [-0.2, -0.15) is 4.98 Å². The summed E-state index contributed by atoms with van der Waals surface area (Å²) < 4.78 is 12.3. The molecule has 0 spiro atoms. The lowest BCUT2D eigenvalue weighted by molar-refractivity contribution is 0.243. The molecule has 29 heavy (non-hydrogen) atoms. The minimum absolute atomic E-state index is 0.103. The summed E-state index contributed by atoms with van der Waals surface area (Å²) in [5, 5.41) is 4.59. The van der Waals surface area contributed by atoms with Gasteiger partial charge in [0.15, 0.2) is 6.61 Å². The first-order chi connectivity index (χ1) is 13.9. The number of benzene rings is 2. The second-order valence-corrected chi connectivity index (χ2v) is 7.15. The number of fused-ring (bicyclic) bond motifs is 1. The second-order valence-electron chi connectivity index (χ2n) is 6.71. The van der Waals surface area contributed by atoms with Crippen LogP contribution in [0, 0.1) is 0 Å². The van der Waals surface area contributed by atoms with Crippen molar-refractivity contribution in [2.45, 2.75) is 26.5 Å². The summed E-state index contributed by atoms with van der Waals surface area (Å²) in [6.07, 6.45) is 0. The number of ether oxygens (including phenoxy) is 1. The van der Waals surface area contributed by atoms with Gasteiger partial charge in [-0.3, -0.25) is 14.2 Å². The number of hydrogen-bond acceptors (Lipinski definition) is 6. The second kappa shape index (κ2) is 7.56. The van der Waals surface area contributed by atoms with Gasteiger partial charge in [-0.05, 0) is 56.3 Å². The lowest BCUT2D eigenvalue weighted by atomic mass is 10.1. The smallest absolute Gasteiger partial charge is 0.316 e. The maximum atomic E-state index is 12.1. The van der Waals surface area contributed by atoms with E-state index in [1.54, 1.807) is 42.5 Å². The Kier molecular flexibility index (Phi) is 4.94. The predicted octanol–water partition coefficient (Wildman–Crippen LogP) is 3.55. The van der Waals surface area contributed by atoms with Gasteiger partial charge in [-0.25, -0.2) is 0 Å². The molecule has 0 amide bonds. The first-order valence-corrected chi connectivity index (χ1v) is 9.30. The zero-order valence-corrected chi connectivity index (χ0v) is 16.4. The van der Waals surface area contributed by atoms with Crippen molar-refractivity contribution in [1.82, 2.24) is 19.7 Å². The molecular formula is C20H17ClN4O4. The fourth-order valence-corrected chi connectivity index (χ4v) is 3.13. The molecule has 4 aromatic rings. The van der Waals surface area contributed by atoms with E-state index in [1.807, 2.05) is 13.8 Å². The van der Waals surface area contributed by atoms with Crippen LogP contribution in [0.3, 0.4) is 0 Å². The van der Waals surface area contributed by atoms with Crippen molar-refractivity contribution >= 4 is 22.6 Å². The largest absolute Gasteiger partial charge is 0.484 e. The van der Waals surface area contributed by atoms with Crippen LogP contribution in [-0.4, -0.2) is 19.7 Å². The number of hydrogen-bond donors (Lipinski definition) is 1. The highest BCUT2D eigenvalue weighted by molar-refractivity contribution is 6.30. The highest BCUT2D eigenvalue weighted by atomic mass is 35.5. The third-order valence-electron chi connectivity index (χ3n) is 4.34. The van der Waals surface area contributed by atoms with Gasteiger partial charge in [0, 0.05) is 16.6 Å². The van der Waals surface area contributed by atoms with E-state index >= 15 is 0 Å². The van der Waals surface area contributed by atoms with Crippen LogP contribution in [0.2, 0.25) is 5.02 Å². The number of halogens is 1. The van der Waals surface area contributed by atoms with Crippen molar-refractivity contribution in [3.05, 3.63) is 74.1 Å². The number of rotatable bonds is 5. The molecule has 0 atom stereocenters. The summed E-state index contributed by atoms with van der Waals surface area (Å²) in [6.45, 7) is 3.80. The van der Waals surface area contributed by atoms with Crippen LogP contribution in [0.5, 0.6) is 5.75 Å². The third kappa shape index (κ3) is 3.79. The molecule has 0 aliphatic rings. The SMILES string of the molecule is CC(C)n1c(=O)c(=O)[nH]c2cc(-c3noc(COc4ccc(Cl)cc4)n3)ccc21. The highest BCUT2D eigenvalue weighted by Crippen LogP contribution is 2.22. The van der Waals surface area contributed by atoms with E-state index in [4.69, 9.17) is 20.9 Å². The summed E-state index contributed by atoms with van der Waals surface area (Å²) in [6, 6.07) is 12.0. The topological polar surface area (TPSA) is 103 Å². The first kappa shape index (κ1) is 18.9. The molecule has 0 saturated carbocycles. The lowest BCUT2D eigenvalue weighted by Gasteiger charge is -2.13. The van der Waals surface area contributed by atoms with E-state index in [0.717, 1.165) is 0 Å². The molecule has 0 saturated heterocycles. The number of H-pyrrole nitrogens is 1. The monoisotopic (exact) mass is 412 g/mol. The Morgan fingerprint density at radius 2 is 1.93 bits per heavy atom. The standard InChI is InChI=1S/C20H17ClN4O4/c1-11(2)25-16-8-3-12(9-15(16)22-19(26)20(25)27)18-23-17(29-24-18)10-28-14-6-4-13(21)5-7-14/h3-9,11H,10H2,1-2H3,(H,22,26). The van der Waals surface area contributed by atoms with Crippen LogP contribution in [0.25, 0.3) is 22.4 Å². The van der Waals surface area contributed by atoms with E-state index in [1.165, 1.54) is 4.57 Å². The minimum Gasteiger partial charge on any atom is -0.484 e. The average molecular weight is 413 g/mol. The molecule has 0 fully saturated rings. The molecule has 0 unspecified atom stereocenters.